The fourth-order valence-electron chi connectivity index (χ4n) is 2.60. The summed E-state index contributed by atoms with van der Waals surface area (Å²) in [5.74, 6) is 0.0192. The van der Waals surface area contributed by atoms with Gasteiger partial charge in [0, 0.05) is 0 Å². The summed E-state index contributed by atoms with van der Waals surface area (Å²) < 4.78 is 9.93. The van der Waals surface area contributed by atoms with Crippen LogP contribution in [-0.4, -0.2) is 31.2 Å². The highest BCUT2D eigenvalue weighted by Crippen LogP contribution is 2.32. The number of hydrogen-bond donors (Lipinski definition) is 1. The van der Waals surface area contributed by atoms with Crippen LogP contribution in [0.2, 0.25) is 0 Å². The Balaban J connectivity index is 2.30. The number of esters is 2. The highest BCUT2D eigenvalue weighted by atomic mass is 16.5. The molecule has 1 rings (SSSR count). The quantitative estimate of drug-likeness (QED) is 0.743. The number of carbonyl (C=O) groups excluding carboxylic acids is 2. The van der Waals surface area contributed by atoms with Gasteiger partial charge < -0.3 is 15.2 Å². The molecule has 0 amide bonds. The molecule has 2 N–H and O–H groups in total. The fourth-order valence-corrected chi connectivity index (χ4v) is 2.60. The van der Waals surface area contributed by atoms with Crippen molar-refractivity contribution in [2.75, 3.05) is 13.2 Å². The molecule has 110 valence electrons. The molecule has 1 saturated carbocycles. The summed E-state index contributed by atoms with van der Waals surface area (Å²) in [6, 6.07) is -0.538. The maximum Gasteiger partial charge on any atom is 0.322 e. The Hall–Kier alpha value is -1.10. The molecule has 1 aliphatic carbocycles. The van der Waals surface area contributed by atoms with E-state index in [1.54, 1.807) is 6.92 Å². The van der Waals surface area contributed by atoms with Crippen molar-refractivity contribution in [3.63, 3.8) is 0 Å². The van der Waals surface area contributed by atoms with Crippen LogP contribution in [0.25, 0.3) is 0 Å². The van der Waals surface area contributed by atoms with Gasteiger partial charge in [-0.3, -0.25) is 9.59 Å². The lowest BCUT2D eigenvalue weighted by atomic mass is 9.79. The molecule has 0 aliphatic heterocycles. The number of nitrogens with two attached hydrogens (primary N) is 1. The van der Waals surface area contributed by atoms with Crippen molar-refractivity contribution in [2.24, 2.45) is 17.6 Å². The normalized spacial score (nSPS) is 24.6. The SMILES string of the molecule is CCOC(=O)C(N)CC1CCC(C(=O)OCC)CC1. The van der Waals surface area contributed by atoms with Gasteiger partial charge in [-0.25, -0.2) is 0 Å². The predicted molar refractivity (Wildman–Crippen MR) is 71.3 cm³/mol. The second kappa shape index (κ2) is 8.15. The minimum Gasteiger partial charge on any atom is -0.466 e. The molecule has 5 heteroatoms. The van der Waals surface area contributed by atoms with E-state index >= 15 is 0 Å². The summed E-state index contributed by atoms with van der Waals surface area (Å²) in [5.41, 5.74) is 5.81. The first-order valence-electron chi connectivity index (χ1n) is 7.17. The van der Waals surface area contributed by atoms with E-state index in [1.807, 2.05) is 6.92 Å². The van der Waals surface area contributed by atoms with E-state index in [4.69, 9.17) is 15.2 Å². The van der Waals surface area contributed by atoms with E-state index in [1.165, 1.54) is 0 Å². The van der Waals surface area contributed by atoms with Crippen molar-refractivity contribution >= 4 is 11.9 Å². The standard InChI is InChI=1S/C14H25NO4/c1-3-18-13(16)11-7-5-10(6-8-11)9-12(15)14(17)19-4-2/h10-12H,3-9,15H2,1-2H3. The molecule has 0 radical (unpaired) electrons. The molecule has 1 atom stereocenters. The van der Waals surface area contributed by atoms with Crippen molar-refractivity contribution in [1.29, 1.82) is 0 Å². The molecule has 0 aromatic heterocycles. The summed E-state index contributed by atoms with van der Waals surface area (Å²) in [4.78, 5) is 23.1. The van der Waals surface area contributed by atoms with E-state index in [2.05, 4.69) is 0 Å². The lowest BCUT2D eigenvalue weighted by Gasteiger charge is -2.28. The van der Waals surface area contributed by atoms with E-state index in [0.29, 0.717) is 25.6 Å². The first kappa shape index (κ1) is 16.0. The first-order valence-corrected chi connectivity index (χ1v) is 7.17. The van der Waals surface area contributed by atoms with E-state index in [-0.39, 0.29) is 17.9 Å². The van der Waals surface area contributed by atoms with Gasteiger partial charge in [-0.05, 0) is 51.9 Å². The van der Waals surface area contributed by atoms with Gasteiger partial charge in [-0.1, -0.05) is 0 Å². The third kappa shape index (κ3) is 5.19. The van der Waals surface area contributed by atoms with Crippen molar-refractivity contribution in [3.05, 3.63) is 0 Å². The Morgan fingerprint density at radius 3 is 2.21 bits per heavy atom. The Bertz CT molecular complexity index is 298. The van der Waals surface area contributed by atoms with Crippen LogP contribution in [0.15, 0.2) is 0 Å². The Morgan fingerprint density at radius 2 is 1.68 bits per heavy atom. The van der Waals surface area contributed by atoms with Gasteiger partial charge in [0.1, 0.15) is 6.04 Å². The second-order valence-corrected chi connectivity index (χ2v) is 5.06. The molecule has 5 nitrogen and oxygen atoms in total. The number of hydrogen-bond acceptors (Lipinski definition) is 5. The van der Waals surface area contributed by atoms with Crippen molar-refractivity contribution < 1.29 is 19.1 Å². The van der Waals surface area contributed by atoms with Gasteiger partial charge in [0.15, 0.2) is 0 Å². The molecular formula is C14H25NO4. The monoisotopic (exact) mass is 271 g/mol. The maximum atomic E-state index is 11.6. The molecular weight excluding hydrogens is 246 g/mol. The highest BCUT2D eigenvalue weighted by molar-refractivity contribution is 5.75. The topological polar surface area (TPSA) is 78.6 Å². The summed E-state index contributed by atoms with van der Waals surface area (Å²) in [7, 11) is 0. The highest BCUT2D eigenvalue weighted by Gasteiger charge is 2.29. The van der Waals surface area contributed by atoms with Gasteiger partial charge in [0.05, 0.1) is 19.1 Å². The van der Waals surface area contributed by atoms with Gasteiger partial charge in [0.25, 0.3) is 0 Å². The molecule has 0 aromatic rings. The average molecular weight is 271 g/mol. The summed E-state index contributed by atoms with van der Waals surface area (Å²) in [6.45, 7) is 4.39. The number of rotatable bonds is 6. The summed E-state index contributed by atoms with van der Waals surface area (Å²) >= 11 is 0. The zero-order valence-corrected chi connectivity index (χ0v) is 11.9. The lowest BCUT2D eigenvalue weighted by molar-refractivity contribution is -0.150. The van der Waals surface area contributed by atoms with Gasteiger partial charge >= 0.3 is 11.9 Å². The van der Waals surface area contributed by atoms with Crippen LogP contribution in [-0.2, 0) is 19.1 Å². The molecule has 1 aliphatic rings. The van der Waals surface area contributed by atoms with Crippen LogP contribution < -0.4 is 5.73 Å². The van der Waals surface area contributed by atoms with Crippen LogP contribution in [0.3, 0.4) is 0 Å². The van der Waals surface area contributed by atoms with Gasteiger partial charge in [-0.15, -0.1) is 0 Å². The van der Waals surface area contributed by atoms with E-state index in [0.717, 1.165) is 25.7 Å². The minimum absolute atomic E-state index is 0.0232. The number of ether oxygens (including phenoxy) is 2. The van der Waals surface area contributed by atoms with E-state index in [9.17, 15) is 9.59 Å². The third-order valence-electron chi connectivity index (χ3n) is 3.64. The average Bonchev–Trinajstić information content (AvgIpc) is 2.40. The zero-order chi connectivity index (χ0) is 14.3. The van der Waals surface area contributed by atoms with Crippen molar-refractivity contribution in [2.45, 2.75) is 52.0 Å². The van der Waals surface area contributed by atoms with Crippen LogP contribution in [0.5, 0.6) is 0 Å². The Morgan fingerprint density at radius 1 is 1.11 bits per heavy atom. The zero-order valence-electron chi connectivity index (χ0n) is 11.9. The summed E-state index contributed by atoms with van der Waals surface area (Å²) in [5, 5.41) is 0. The molecule has 19 heavy (non-hydrogen) atoms. The summed E-state index contributed by atoms with van der Waals surface area (Å²) in [6.07, 6.45) is 4.17. The molecule has 0 aromatic carbocycles. The third-order valence-corrected chi connectivity index (χ3v) is 3.64. The lowest BCUT2D eigenvalue weighted by Crippen LogP contribution is -2.35. The first-order chi connectivity index (χ1) is 9.08. The second-order valence-electron chi connectivity index (χ2n) is 5.06. The van der Waals surface area contributed by atoms with Gasteiger partial charge in [-0.2, -0.15) is 0 Å². The van der Waals surface area contributed by atoms with Crippen LogP contribution in [0.4, 0.5) is 0 Å². The van der Waals surface area contributed by atoms with Crippen LogP contribution >= 0.6 is 0 Å². The molecule has 0 heterocycles. The molecule has 1 unspecified atom stereocenters. The molecule has 0 spiro atoms. The predicted octanol–water partition coefficient (Wildman–Crippen LogP) is 1.64. The smallest absolute Gasteiger partial charge is 0.322 e. The van der Waals surface area contributed by atoms with E-state index < -0.39 is 6.04 Å². The molecule has 0 saturated heterocycles. The van der Waals surface area contributed by atoms with Crippen LogP contribution in [0.1, 0.15) is 46.0 Å². The maximum absolute atomic E-state index is 11.6. The van der Waals surface area contributed by atoms with Gasteiger partial charge in [0.2, 0.25) is 0 Å². The van der Waals surface area contributed by atoms with Crippen molar-refractivity contribution in [1.82, 2.24) is 0 Å². The minimum atomic E-state index is -0.538. The van der Waals surface area contributed by atoms with Crippen molar-refractivity contribution in [3.8, 4) is 0 Å². The number of carbonyl (C=O) groups is 2. The molecule has 0 bridgehead atoms. The Labute approximate surface area is 114 Å². The van der Waals surface area contributed by atoms with Crippen LogP contribution in [0, 0.1) is 11.8 Å². The largest absolute Gasteiger partial charge is 0.466 e. The fraction of sp³-hybridized carbons (Fsp3) is 0.857. The molecule has 1 fully saturated rings. The Kier molecular flexibility index (Phi) is 6.84.